The molecule has 0 heterocycles. The fourth-order valence-electron chi connectivity index (χ4n) is 1.70. The maximum atomic E-state index is 9.05. The molecule has 16 heavy (non-hydrogen) atoms. The average Bonchev–Trinajstić information content (AvgIpc) is 2.29. The summed E-state index contributed by atoms with van der Waals surface area (Å²) in [5.41, 5.74) is 7.57. The second-order valence-corrected chi connectivity index (χ2v) is 4.03. The normalized spacial score (nSPS) is 10.1. The number of hydrogen-bond donors (Lipinski definition) is 2. The third-order valence-electron chi connectivity index (χ3n) is 2.37. The fourth-order valence-corrected chi connectivity index (χ4v) is 1.87. The summed E-state index contributed by atoms with van der Waals surface area (Å²) in [6.07, 6.45) is 1.02. The molecule has 0 radical (unpaired) electrons. The summed E-state index contributed by atoms with van der Waals surface area (Å²) >= 11 is 5.03. The number of nitrogens with zero attached hydrogens (tertiary/aromatic N) is 1. The second-order valence-electron chi connectivity index (χ2n) is 3.59. The molecule has 0 atom stereocenters. The number of thiocarbonyl (C=S) groups is 1. The van der Waals surface area contributed by atoms with Gasteiger partial charge in [-0.3, -0.25) is 0 Å². The summed E-state index contributed by atoms with van der Waals surface area (Å²) in [6.45, 7) is 3.73. The van der Waals surface area contributed by atoms with Gasteiger partial charge in [-0.05, 0) is 18.6 Å². The average molecular weight is 238 g/mol. The Bertz CT molecular complexity index is 349. The van der Waals surface area contributed by atoms with Crippen molar-refractivity contribution in [2.24, 2.45) is 5.73 Å². The van der Waals surface area contributed by atoms with Gasteiger partial charge in [0.1, 0.15) is 4.99 Å². The van der Waals surface area contributed by atoms with Gasteiger partial charge in [0.05, 0.1) is 6.61 Å². The van der Waals surface area contributed by atoms with Crippen LogP contribution >= 0.6 is 12.2 Å². The molecule has 4 heteroatoms. The minimum atomic E-state index is 0.131. The minimum Gasteiger partial charge on any atom is -0.395 e. The van der Waals surface area contributed by atoms with Gasteiger partial charge in [-0.1, -0.05) is 31.3 Å². The molecule has 0 fully saturated rings. The third-order valence-corrected chi connectivity index (χ3v) is 2.59. The highest BCUT2D eigenvalue weighted by atomic mass is 32.1. The highest BCUT2D eigenvalue weighted by Gasteiger charge is 2.10. The molecule has 0 aliphatic carbocycles. The van der Waals surface area contributed by atoms with Crippen LogP contribution in [0, 0.1) is 0 Å². The molecule has 1 rings (SSSR count). The number of aliphatic hydroxyl groups excluding tert-OH is 1. The Morgan fingerprint density at radius 1 is 1.38 bits per heavy atom. The van der Waals surface area contributed by atoms with Crippen molar-refractivity contribution >= 4 is 22.9 Å². The lowest BCUT2D eigenvalue weighted by atomic mass is 10.1. The van der Waals surface area contributed by atoms with Crippen LogP contribution in [0.4, 0.5) is 5.69 Å². The molecule has 0 spiro atoms. The van der Waals surface area contributed by atoms with Crippen LogP contribution in [0.2, 0.25) is 0 Å². The molecule has 0 saturated heterocycles. The van der Waals surface area contributed by atoms with E-state index in [9.17, 15) is 0 Å². The van der Waals surface area contributed by atoms with Gasteiger partial charge in [-0.15, -0.1) is 0 Å². The Hall–Kier alpha value is -1.13. The van der Waals surface area contributed by atoms with Crippen LogP contribution < -0.4 is 10.6 Å². The first-order chi connectivity index (χ1) is 7.70. The van der Waals surface area contributed by atoms with Crippen molar-refractivity contribution in [2.45, 2.75) is 13.3 Å². The van der Waals surface area contributed by atoms with E-state index in [1.54, 1.807) is 0 Å². The lowest BCUT2D eigenvalue weighted by Gasteiger charge is -2.25. The standard InChI is InChI=1S/C12H18N2OS/c1-2-7-14(8-9-15)11-6-4-3-5-10(11)12(13)16/h3-6,15H,2,7-9H2,1H3,(H2,13,16). The van der Waals surface area contributed by atoms with E-state index >= 15 is 0 Å². The van der Waals surface area contributed by atoms with Crippen LogP contribution in [-0.4, -0.2) is 29.8 Å². The van der Waals surface area contributed by atoms with Crippen molar-refractivity contribution in [3.05, 3.63) is 29.8 Å². The molecule has 3 N–H and O–H groups in total. The smallest absolute Gasteiger partial charge is 0.106 e. The minimum absolute atomic E-state index is 0.131. The molecule has 0 unspecified atom stereocenters. The number of nitrogens with two attached hydrogens (primary N) is 1. The molecular weight excluding hydrogens is 220 g/mol. The van der Waals surface area contributed by atoms with E-state index in [0.29, 0.717) is 11.5 Å². The summed E-state index contributed by atoms with van der Waals surface area (Å²) in [7, 11) is 0. The van der Waals surface area contributed by atoms with Gasteiger partial charge in [-0.25, -0.2) is 0 Å². The Balaban J connectivity index is 3.02. The number of benzene rings is 1. The van der Waals surface area contributed by atoms with Gasteiger partial charge < -0.3 is 15.7 Å². The Labute approximate surface area is 102 Å². The highest BCUT2D eigenvalue weighted by Crippen LogP contribution is 2.20. The number of aliphatic hydroxyl groups is 1. The van der Waals surface area contributed by atoms with Gasteiger partial charge in [-0.2, -0.15) is 0 Å². The van der Waals surface area contributed by atoms with Crippen molar-refractivity contribution < 1.29 is 5.11 Å². The van der Waals surface area contributed by atoms with Gasteiger partial charge >= 0.3 is 0 Å². The summed E-state index contributed by atoms with van der Waals surface area (Å²) < 4.78 is 0. The first-order valence-corrected chi connectivity index (χ1v) is 5.86. The van der Waals surface area contributed by atoms with Gasteiger partial charge in [0, 0.05) is 24.3 Å². The lowest BCUT2D eigenvalue weighted by molar-refractivity contribution is 0.302. The highest BCUT2D eigenvalue weighted by molar-refractivity contribution is 7.80. The zero-order chi connectivity index (χ0) is 12.0. The number of anilines is 1. The predicted octanol–water partition coefficient (Wildman–Crippen LogP) is 1.53. The molecule has 0 aliphatic heterocycles. The van der Waals surface area contributed by atoms with Crippen LogP contribution in [0.3, 0.4) is 0 Å². The van der Waals surface area contributed by atoms with Gasteiger partial charge in [0.25, 0.3) is 0 Å². The zero-order valence-electron chi connectivity index (χ0n) is 9.52. The second kappa shape index (κ2) is 6.45. The first kappa shape index (κ1) is 12.9. The maximum Gasteiger partial charge on any atom is 0.106 e. The molecule has 0 amide bonds. The summed E-state index contributed by atoms with van der Waals surface area (Å²) in [5.74, 6) is 0. The molecule has 0 saturated carbocycles. The van der Waals surface area contributed by atoms with E-state index in [2.05, 4.69) is 11.8 Å². The largest absolute Gasteiger partial charge is 0.395 e. The van der Waals surface area contributed by atoms with Crippen molar-refractivity contribution in [3.63, 3.8) is 0 Å². The SMILES string of the molecule is CCCN(CCO)c1ccccc1C(N)=S. The van der Waals surface area contributed by atoms with Crippen molar-refractivity contribution in [2.75, 3.05) is 24.6 Å². The van der Waals surface area contributed by atoms with Crippen LogP contribution in [0.25, 0.3) is 0 Å². The van der Waals surface area contributed by atoms with Crippen LogP contribution in [0.5, 0.6) is 0 Å². The molecule has 88 valence electrons. The fraction of sp³-hybridized carbons (Fsp3) is 0.417. The topological polar surface area (TPSA) is 49.5 Å². The van der Waals surface area contributed by atoms with Gasteiger partial charge in [0.2, 0.25) is 0 Å². The van der Waals surface area contributed by atoms with Crippen molar-refractivity contribution in [1.29, 1.82) is 0 Å². The maximum absolute atomic E-state index is 9.05. The van der Waals surface area contributed by atoms with Crippen molar-refractivity contribution in [3.8, 4) is 0 Å². The Kier molecular flexibility index (Phi) is 5.22. The quantitative estimate of drug-likeness (QED) is 0.738. The molecular formula is C12H18N2OS. The van der Waals surface area contributed by atoms with Crippen LogP contribution in [0.1, 0.15) is 18.9 Å². The van der Waals surface area contributed by atoms with E-state index < -0.39 is 0 Å². The molecule has 0 aromatic heterocycles. The molecule has 0 bridgehead atoms. The van der Waals surface area contributed by atoms with Crippen LogP contribution in [0.15, 0.2) is 24.3 Å². The Morgan fingerprint density at radius 3 is 2.62 bits per heavy atom. The predicted molar refractivity (Wildman–Crippen MR) is 71.9 cm³/mol. The van der Waals surface area contributed by atoms with E-state index in [-0.39, 0.29) is 6.61 Å². The lowest BCUT2D eigenvalue weighted by Crippen LogP contribution is -2.29. The summed E-state index contributed by atoms with van der Waals surface area (Å²) in [4.78, 5) is 2.50. The Morgan fingerprint density at radius 2 is 2.06 bits per heavy atom. The third kappa shape index (κ3) is 3.18. The molecule has 1 aromatic carbocycles. The summed E-state index contributed by atoms with van der Waals surface area (Å²) in [6, 6.07) is 7.77. The van der Waals surface area contributed by atoms with Crippen LogP contribution in [-0.2, 0) is 0 Å². The zero-order valence-corrected chi connectivity index (χ0v) is 10.3. The molecule has 1 aromatic rings. The molecule has 3 nitrogen and oxygen atoms in total. The van der Waals surface area contributed by atoms with Crippen molar-refractivity contribution in [1.82, 2.24) is 0 Å². The van der Waals surface area contributed by atoms with E-state index in [1.807, 2.05) is 24.3 Å². The number of hydrogen-bond acceptors (Lipinski definition) is 3. The number of rotatable bonds is 6. The van der Waals surface area contributed by atoms with E-state index in [4.69, 9.17) is 23.1 Å². The van der Waals surface area contributed by atoms with E-state index in [1.165, 1.54) is 0 Å². The monoisotopic (exact) mass is 238 g/mol. The van der Waals surface area contributed by atoms with E-state index in [0.717, 1.165) is 24.2 Å². The number of para-hydroxylation sites is 1. The molecule has 0 aliphatic rings. The summed E-state index contributed by atoms with van der Waals surface area (Å²) in [5, 5.41) is 9.05. The van der Waals surface area contributed by atoms with Gasteiger partial charge in [0.15, 0.2) is 0 Å². The first-order valence-electron chi connectivity index (χ1n) is 5.45.